The predicted octanol–water partition coefficient (Wildman–Crippen LogP) is 2.61. The Bertz CT molecular complexity index is 886. The van der Waals surface area contributed by atoms with Crippen LogP contribution in [0, 0.1) is 12.7 Å². The number of amides is 1. The average molecular weight is 382 g/mol. The smallest absolute Gasteiger partial charge is 0.283 e. The van der Waals surface area contributed by atoms with Crippen molar-refractivity contribution in [3.63, 3.8) is 0 Å². The van der Waals surface area contributed by atoms with Crippen LogP contribution in [0.15, 0.2) is 33.9 Å². The topological polar surface area (TPSA) is 103 Å². The minimum absolute atomic E-state index is 0.0319. The number of hydrogen-bond acceptors (Lipinski definition) is 6. The number of rotatable bonds is 5. The normalized spacial score (nSPS) is 22.1. The van der Waals surface area contributed by atoms with Crippen LogP contribution in [0.2, 0.25) is 0 Å². The van der Waals surface area contributed by atoms with E-state index in [-0.39, 0.29) is 23.4 Å². The summed E-state index contributed by atoms with van der Waals surface area (Å²) in [6.45, 7) is -0.474. The Balaban J connectivity index is 1.94. The Morgan fingerprint density at radius 1 is 1.44 bits per heavy atom. The number of aromatic nitrogens is 1. The van der Waals surface area contributed by atoms with Crippen LogP contribution in [-0.2, 0) is 10.3 Å². The highest BCUT2D eigenvalue weighted by molar-refractivity contribution is 6.02. The minimum Gasteiger partial charge on any atom is -0.459 e. The van der Waals surface area contributed by atoms with Crippen molar-refractivity contribution in [2.24, 2.45) is 10.7 Å². The molecule has 0 bridgehead atoms. The first-order valence-electron chi connectivity index (χ1n) is 8.04. The van der Waals surface area contributed by atoms with Gasteiger partial charge in [-0.15, -0.1) is 0 Å². The number of nitrogens with zero attached hydrogens (tertiary/aromatic N) is 2. The SMILES string of the molecule is Cc1nc(C(=O)Nc2ccc(F)c(C3(CF)CC(CF)OC(N)=N3)c2)co1. The first-order chi connectivity index (χ1) is 12.9. The summed E-state index contributed by atoms with van der Waals surface area (Å²) in [5.74, 6) is -1.05. The summed E-state index contributed by atoms with van der Waals surface area (Å²) >= 11 is 0. The van der Waals surface area contributed by atoms with E-state index in [1.54, 1.807) is 6.92 Å². The number of ether oxygens (including phenoxy) is 1. The molecule has 1 aromatic heterocycles. The van der Waals surface area contributed by atoms with Gasteiger partial charge in [0.25, 0.3) is 11.9 Å². The van der Waals surface area contributed by atoms with E-state index < -0.39 is 42.7 Å². The molecule has 10 heteroatoms. The van der Waals surface area contributed by atoms with Crippen molar-refractivity contribution in [1.29, 1.82) is 0 Å². The van der Waals surface area contributed by atoms with Gasteiger partial charge in [-0.25, -0.2) is 23.1 Å². The largest absolute Gasteiger partial charge is 0.459 e. The van der Waals surface area contributed by atoms with Crippen LogP contribution >= 0.6 is 0 Å². The van der Waals surface area contributed by atoms with Crippen molar-refractivity contribution in [3.05, 3.63) is 47.4 Å². The summed E-state index contributed by atoms with van der Waals surface area (Å²) in [6, 6.07) is 3.17. The number of benzene rings is 1. The number of nitrogens with two attached hydrogens (primary N) is 1. The highest BCUT2D eigenvalue weighted by atomic mass is 19.1. The Hall–Kier alpha value is -3.04. The molecule has 2 heterocycles. The monoisotopic (exact) mass is 382 g/mol. The predicted molar refractivity (Wildman–Crippen MR) is 90.3 cm³/mol. The van der Waals surface area contributed by atoms with Crippen molar-refractivity contribution in [2.45, 2.75) is 25.0 Å². The van der Waals surface area contributed by atoms with E-state index in [9.17, 15) is 18.0 Å². The zero-order valence-electron chi connectivity index (χ0n) is 14.3. The van der Waals surface area contributed by atoms with E-state index in [0.29, 0.717) is 5.89 Å². The van der Waals surface area contributed by atoms with Crippen LogP contribution in [0.3, 0.4) is 0 Å². The number of halogens is 3. The molecule has 2 aromatic rings. The molecule has 1 amide bonds. The van der Waals surface area contributed by atoms with E-state index in [2.05, 4.69) is 15.3 Å². The molecule has 2 unspecified atom stereocenters. The number of aryl methyl sites for hydroxylation is 1. The quantitative estimate of drug-likeness (QED) is 0.828. The molecule has 27 heavy (non-hydrogen) atoms. The van der Waals surface area contributed by atoms with Crippen molar-refractivity contribution < 1.29 is 27.1 Å². The lowest BCUT2D eigenvalue weighted by atomic mass is 9.85. The minimum atomic E-state index is -1.74. The van der Waals surface area contributed by atoms with Gasteiger partial charge in [0.2, 0.25) is 0 Å². The molecule has 0 saturated heterocycles. The molecule has 0 spiro atoms. The lowest BCUT2D eigenvalue weighted by molar-refractivity contribution is 0.0781. The molecule has 1 aliphatic rings. The fourth-order valence-corrected chi connectivity index (χ4v) is 2.91. The summed E-state index contributed by atoms with van der Waals surface area (Å²) in [7, 11) is 0. The van der Waals surface area contributed by atoms with Crippen molar-refractivity contribution >= 4 is 17.6 Å². The first kappa shape index (κ1) is 18.7. The lowest BCUT2D eigenvalue weighted by Gasteiger charge is -2.35. The van der Waals surface area contributed by atoms with Gasteiger partial charge in [0.15, 0.2) is 11.6 Å². The maximum Gasteiger partial charge on any atom is 0.283 e. The molecule has 0 aliphatic carbocycles. The van der Waals surface area contributed by atoms with E-state index in [4.69, 9.17) is 14.9 Å². The maximum absolute atomic E-state index is 14.5. The van der Waals surface area contributed by atoms with Gasteiger partial charge >= 0.3 is 0 Å². The zero-order valence-corrected chi connectivity index (χ0v) is 14.3. The number of carbonyl (C=O) groups is 1. The number of anilines is 1. The second-order valence-electron chi connectivity index (χ2n) is 6.11. The van der Waals surface area contributed by atoms with Gasteiger partial charge in [0.1, 0.15) is 37.1 Å². The molecular formula is C17H17F3N4O3. The molecule has 1 aromatic carbocycles. The van der Waals surface area contributed by atoms with Crippen molar-refractivity contribution in [1.82, 2.24) is 4.98 Å². The second-order valence-corrected chi connectivity index (χ2v) is 6.11. The van der Waals surface area contributed by atoms with Crippen LogP contribution in [0.1, 0.15) is 28.4 Å². The molecule has 1 aliphatic heterocycles. The van der Waals surface area contributed by atoms with Crippen LogP contribution in [0.25, 0.3) is 0 Å². The van der Waals surface area contributed by atoms with Gasteiger partial charge in [-0.3, -0.25) is 4.79 Å². The summed E-state index contributed by atoms with van der Waals surface area (Å²) in [5, 5.41) is 2.52. The number of hydrogen-bond donors (Lipinski definition) is 2. The lowest BCUT2D eigenvalue weighted by Crippen LogP contribution is -2.43. The fraction of sp³-hybridized carbons (Fsp3) is 0.353. The van der Waals surface area contributed by atoms with Crippen LogP contribution < -0.4 is 11.1 Å². The molecule has 0 fully saturated rings. The first-order valence-corrected chi connectivity index (χ1v) is 8.04. The average Bonchev–Trinajstić information content (AvgIpc) is 3.09. The number of alkyl halides is 2. The van der Waals surface area contributed by atoms with Crippen molar-refractivity contribution in [3.8, 4) is 0 Å². The Kier molecular flexibility index (Phi) is 5.06. The number of aliphatic imine (C=N–C) groups is 1. The number of carbonyl (C=O) groups excluding carboxylic acids is 1. The molecule has 0 radical (unpaired) electrons. The third-order valence-electron chi connectivity index (χ3n) is 4.15. The maximum atomic E-state index is 14.5. The van der Waals surface area contributed by atoms with Gasteiger partial charge in [-0.1, -0.05) is 0 Å². The number of amidine groups is 1. The number of oxazole rings is 1. The molecule has 7 nitrogen and oxygen atoms in total. The summed E-state index contributed by atoms with van der Waals surface area (Å²) in [4.78, 5) is 20.0. The Labute approximate surface area is 152 Å². The van der Waals surface area contributed by atoms with Gasteiger partial charge in [0.05, 0.1) is 0 Å². The Morgan fingerprint density at radius 2 is 2.22 bits per heavy atom. The van der Waals surface area contributed by atoms with Crippen LogP contribution in [0.4, 0.5) is 18.9 Å². The van der Waals surface area contributed by atoms with Gasteiger partial charge in [0, 0.05) is 24.6 Å². The fourth-order valence-electron chi connectivity index (χ4n) is 2.91. The number of nitrogens with one attached hydrogen (secondary N) is 1. The second kappa shape index (κ2) is 7.29. The summed E-state index contributed by atoms with van der Waals surface area (Å²) < 4.78 is 51.4. The molecule has 3 N–H and O–H groups in total. The highest BCUT2D eigenvalue weighted by Crippen LogP contribution is 2.38. The van der Waals surface area contributed by atoms with E-state index in [1.807, 2.05) is 0 Å². The summed E-state index contributed by atoms with van der Waals surface area (Å²) in [5.41, 5.74) is 3.83. The third-order valence-corrected chi connectivity index (χ3v) is 4.15. The van der Waals surface area contributed by atoms with E-state index in [1.165, 1.54) is 18.4 Å². The zero-order chi connectivity index (χ0) is 19.6. The van der Waals surface area contributed by atoms with Crippen LogP contribution in [0.5, 0.6) is 0 Å². The van der Waals surface area contributed by atoms with Gasteiger partial charge in [-0.05, 0) is 18.2 Å². The molecule has 0 saturated carbocycles. The van der Waals surface area contributed by atoms with Crippen LogP contribution in [-0.4, -0.2) is 36.4 Å². The summed E-state index contributed by atoms with van der Waals surface area (Å²) in [6.07, 6.45) is -0.112. The van der Waals surface area contributed by atoms with Gasteiger partial charge in [-0.2, -0.15) is 0 Å². The molecule has 144 valence electrons. The van der Waals surface area contributed by atoms with Gasteiger partial charge < -0.3 is 20.2 Å². The standard InChI is InChI=1S/C17H17F3N4O3/c1-9-22-14(7-26-9)15(25)23-10-2-3-13(20)12(4-10)17(8-19)5-11(6-18)27-16(21)24-17/h2-4,7,11H,5-6,8H2,1H3,(H2,21,24)(H,23,25). The third kappa shape index (κ3) is 3.74. The van der Waals surface area contributed by atoms with Crippen molar-refractivity contribution in [2.75, 3.05) is 18.7 Å². The highest BCUT2D eigenvalue weighted by Gasteiger charge is 2.42. The Morgan fingerprint density at radius 3 is 2.85 bits per heavy atom. The molecule has 3 rings (SSSR count). The molecule has 2 atom stereocenters. The molecular weight excluding hydrogens is 365 g/mol. The van der Waals surface area contributed by atoms with E-state index in [0.717, 1.165) is 6.07 Å². The van der Waals surface area contributed by atoms with E-state index >= 15 is 0 Å².